The van der Waals surface area contributed by atoms with Gasteiger partial charge in [-0.2, -0.15) is 0 Å². The number of hydrogen-bond donors (Lipinski definition) is 3. The van der Waals surface area contributed by atoms with Gasteiger partial charge in [0, 0.05) is 18.3 Å². The molecule has 3 rings (SSSR count). The van der Waals surface area contributed by atoms with Crippen LogP contribution in [-0.2, 0) is 11.2 Å². The number of carbonyl (C=O) groups is 2. The fraction of sp³-hybridized carbons (Fsp3) is 0.200. The van der Waals surface area contributed by atoms with Crippen molar-refractivity contribution in [2.75, 3.05) is 30.8 Å². The van der Waals surface area contributed by atoms with Crippen molar-refractivity contribution >= 4 is 23.2 Å². The van der Waals surface area contributed by atoms with Gasteiger partial charge in [-0.05, 0) is 48.7 Å². The van der Waals surface area contributed by atoms with Crippen LogP contribution in [0.5, 0.6) is 5.75 Å². The van der Waals surface area contributed by atoms with Gasteiger partial charge in [0.1, 0.15) is 5.75 Å². The van der Waals surface area contributed by atoms with Gasteiger partial charge in [-0.15, -0.1) is 0 Å². The summed E-state index contributed by atoms with van der Waals surface area (Å²) in [4.78, 5) is 24.1. The van der Waals surface area contributed by atoms with Gasteiger partial charge < -0.3 is 20.7 Å². The third-order valence-electron chi connectivity index (χ3n) is 4.67. The lowest BCUT2D eigenvalue weighted by Gasteiger charge is -2.13. The first-order chi connectivity index (χ1) is 15.2. The molecular weight excluding hydrogens is 390 g/mol. The Morgan fingerprint density at radius 3 is 2.48 bits per heavy atom. The Morgan fingerprint density at radius 1 is 0.903 bits per heavy atom. The highest BCUT2D eigenvalue weighted by Gasteiger charge is 2.08. The van der Waals surface area contributed by atoms with E-state index in [1.54, 1.807) is 31.3 Å². The van der Waals surface area contributed by atoms with Gasteiger partial charge >= 0.3 is 0 Å². The van der Waals surface area contributed by atoms with Crippen molar-refractivity contribution in [3.05, 3.63) is 90.0 Å². The topological polar surface area (TPSA) is 79.5 Å². The third kappa shape index (κ3) is 6.89. The Kier molecular flexibility index (Phi) is 8.05. The Morgan fingerprint density at radius 2 is 1.68 bits per heavy atom. The molecule has 0 spiro atoms. The van der Waals surface area contributed by atoms with Crippen LogP contribution in [0.15, 0.2) is 78.9 Å². The number of amides is 2. The molecule has 160 valence electrons. The average molecular weight is 418 g/mol. The molecule has 0 fully saturated rings. The maximum Gasteiger partial charge on any atom is 0.251 e. The maximum absolute atomic E-state index is 12.4. The lowest BCUT2D eigenvalue weighted by molar-refractivity contribution is -0.114. The van der Waals surface area contributed by atoms with Crippen LogP contribution in [0.2, 0.25) is 0 Å². The minimum atomic E-state index is -0.215. The highest BCUT2D eigenvalue weighted by Crippen LogP contribution is 2.24. The predicted octanol–water partition coefficient (Wildman–Crippen LogP) is 4.11. The summed E-state index contributed by atoms with van der Waals surface area (Å²) in [5.41, 5.74) is 3.10. The van der Waals surface area contributed by atoms with Crippen molar-refractivity contribution < 1.29 is 14.3 Å². The maximum atomic E-state index is 12.4. The molecule has 3 aromatic rings. The second kappa shape index (κ2) is 11.4. The van der Waals surface area contributed by atoms with Gasteiger partial charge in [0.2, 0.25) is 5.91 Å². The first-order valence-corrected chi connectivity index (χ1v) is 10.3. The number of para-hydroxylation sites is 2. The molecule has 3 N–H and O–H groups in total. The number of hydrogen-bond acceptors (Lipinski definition) is 4. The summed E-state index contributed by atoms with van der Waals surface area (Å²) in [6.07, 6.45) is 1.86. The Bertz CT molecular complexity index is 1010. The zero-order valence-electron chi connectivity index (χ0n) is 17.6. The first-order valence-electron chi connectivity index (χ1n) is 10.3. The molecule has 0 aliphatic carbocycles. The van der Waals surface area contributed by atoms with Crippen molar-refractivity contribution in [3.8, 4) is 5.75 Å². The molecule has 3 aromatic carbocycles. The van der Waals surface area contributed by atoms with Gasteiger partial charge in [0.05, 0.1) is 18.8 Å². The Balaban J connectivity index is 1.49. The quantitative estimate of drug-likeness (QED) is 0.434. The van der Waals surface area contributed by atoms with Crippen LogP contribution in [0.1, 0.15) is 22.3 Å². The van der Waals surface area contributed by atoms with Crippen molar-refractivity contribution in [3.63, 3.8) is 0 Å². The monoisotopic (exact) mass is 417 g/mol. The number of rotatable bonds is 10. The summed E-state index contributed by atoms with van der Waals surface area (Å²) in [6, 6.07) is 24.7. The molecule has 0 radical (unpaired) electrons. The largest absolute Gasteiger partial charge is 0.491 e. The van der Waals surface area contributed by atoms with Crippen molar-refractivity contribution in [2.45, 2.75) is 12.8 Å². The minimum absolute atomic E-state index is 0.0780. The zero-order chi connectivity index (χ0) is 21.9. The summed E-state index contributed by atoms with van der Waals surface area (Å²) in [7, 11) is 1.57. The van der Waals surface area contributed by atoms with Crippen molar-refractivity contribution in [1.82, 2.24) is 5.32 Å². The molecular formula is C25H27N3O3. The van der Waals surface area contributed by atoms with Crippen LogP contribution in [0.3, 0.4) is 0 Å². The number of nitrogens with one attached hydrogen (secondary N) is 3. The van der Waals surface area contributed by atoms with E-state index < -0.39 is 0 Å². The SMILES string of the molecule is CNC(=O)c1cccc(NC(=O)CNc2ccccc2OCCCc2ccccc2)c1. The molecule has 0 aliphatic rings. The van der Waals surface area contributed by atoms with Gasteiger partial charge in [-0.3, -0.25) is 9.59 Å². The summed E-state index contributed by atoms with van der Waals surface area (Å²) in [5.74, 6) is 0.297. The van der Waals surface area contributed by atoms with E-state index in [0.29, 0.717) is 23.6 Å². The van der Waals surface area contributed by atoms with E-state index in [2.05, 4.69) is 28.1 Å². The van der Waals surface area contributed by atoms with E-state index in [4.69, 9.17) is 4.74 Å². The molecule has 2 amide bonds. The summed E-state index contributed by atoms with van der Waals surface area (Å²) in [5, 5.41) is 8.49. The molecule has 0 unspecified atom stereocenters. The van der Waals surface area contributed by atoms with Crippen LogP contribution >= 0.6 is 0 Å². The van der Waals surface area contributed by atoms with Gasteiger partial charge in [0.15, 0.2) is 0 Å². The van der Waals surface area contributed by atoms with Gasteiger partial charge in [0.25, 0.3) is 5.91 Å². The van der Waals surface area contributed by atoms with Crippen molar-refractivity contribution in [2.24, 2.45) is 0 Å². The fourth-order valence-corrected chi connectivity index (χ4v) is 3.10. The van der Waals surface area contributed by atoms with E-state index in [1.165, 1.54) is 5.56 Å². The van der Waals surface area contributed by atoms with Crippen LogP contribution in [0.4, 0.5) is 11.4 Å². The lowest BCUT2D eigenvalue weighted by atomic mass is 10.1. The highest BCUT2D eigenvalue weighted by molar-refractivity contribution is 5.98. The molecule has 0 heterocycles. The fourth-order valence-electron chi connectivity index (χ4n) is 3.10. The molecule has 0 aliphatic heterocycles. The molecule has 0 aromatic heterocycles. The van der Waals surface area contributed by atoms with Crippen LogP contribution < -0.4 is 20.7 Å². The predicted molar refractivity (Wildman–Crippen MR) is 124 cm³/mol. The molecule has 0 atom stereocenters. The van der Waals surface area contributed by atoms with Gasteiger partial charge in [-0.1, -0.05) is 48.5 Å². The number of ether oxygens (including phenoxy) is 1. The van der Waals surface area contributed by atoms with Crippen LogP contribution in [0, 0.1) is 0 Å². The average Bonchev–Trinajstić information content (AvgIpc) is 2.81. The van der Waals surface area contributed by atoms with E-state index in [9.17, 15) is 9.59 Å². The summed E-state index contributed by atoms with van der Waals surface area (Å²) >= 11 is 0. The second-order valence-electron chi connectivity index (χ2n) is 7.00. The first kappa shape index (κ1) is 21.9. The van der Waals surface area contributed by atoms with E-state index in [0.717, 1.165) is 18.5 Å². The molecule has 6 nitrogen and oxygen atoms in total. The lowest BCUT2D eigenvalue weighted by Crippen LogP contribution is -2.22. The smallest absolute Gasteiger partial charge is 0.251 e. The van der Waals surface area contributed by atoms with E-state index >= 15 is 0 Å². The molecule has 0 saturated carbocycles. The van der Waals surface area contributed by atoms with E-state index in [1.807, 2.05) is 42.5 Å². The minimum Gasteiger partial charge on any atom is -0.491 e. The normalized spacial score (nSPS) is 10.2. The second-order valence-corrected chi connectivity index (χ2v) is 7.00. The Labute approximate surface area is 182 Å². The van der Waals surface area contributed by atoms with Crippen molar-refractivity contribution in [1.29, 1.82) is 0 Å². The number of aryl methyl sites for hydroxylation is 1. The number of anilines is 2. The molecule has 0 bridgehead atoms. The summed E-state index contributed by atoms with van der Waals surface area (Å²) in [6.45, 7) is 0.667. The highest BCUT2D eigenvalue weighted by atomic mass is 16.5. The zero-order valence-corrected chi connectivity index (χ0v) is 17.6. The number of benzene rings is 3. The molecule has 6 heteroatoms. The van der Waals surface area contributed by atoms with Crippen LogP contribution in [-0.4, -0.2) is 32.0 Å². The molecule has 0 saturated heterocycles. The number of carbonyl (C=O) groups excluding carboxylic acids is 2. The van der Waals surface area contributed by atoms with Gasteiger partial charge in [-0.25, -0.2) is 0 Å². The third-order valence-corrected chi connectivity index (χ3v) is 4.67. The standard InChI is InChI=1S/C25H27N3O3/c1-26-25(30)20-12-7-13-21(17-20)28-24(29)18-27-22-14-5-6-15-23(22)31-16-8-11-19-9-3-2-4-10-19/h2-7,9-10,12-15,17,27H,8,11,16,18H2,1H3,(H,26,30)(H,28,29). The Hall–Kier alpha value is -3.80. The summed E-state index contributed by atoms with van der Waals surface area (Å²) < 4.78 is 5.93. The molecule has 31 heavy (non-hydrogen) atoms. The van der Waals surface area contributed by atoms with Crippen LogP contribution in [0.25, 0.3) is 0 Å². The van der Waals surface area contributed by atoms with E-state index in [-0.39, 0.29) is 18.4 Å².